The van der Waals surface area contributed by atoms with Gasteiger partial charge in [-0.05, 0) is 44.0 Å². The number of sulfonamides is 1. The van der Waals surface area contributed by atoms with Crippen molar-refractivity contribution in [3.05, 3.63) is 47.9 Å². The number of hydrogen-bond acceptors (Lipinski definition) is 6. The summed E-state index contributed by atoms with van der Waals surface area (Å²) in [6.07, 6.45) is 2.75. The average molecular weight is 400 g/mol. The Balaban J connectivity index is 1.68. The van der Waals surface area contributed by atoms with Gasteiger partial charge < -0.3 is 4.90 Å². The van der Waals surface area contributed by atoms with Crippen molar-refractivity contribution in [2.75, 3.05) is 13.1 Å². The summed E-state index contributed by atoms with van der Waals surface area (Å²) in [5.74, 6) is -0.338. The van der Waals surface area contributed by atoms with Gasteiger partial charge in [0.1, 0.15) is 0 Å². The molecule has 4 rings (SSSR count). The lowest BCUT2D eigenvalue weighted by Crippen LogP contribution is -2.47. The highest BCUT2D eigenvalue weighted by Crippen LogP contribution is 2.23. The Kier molecular flexibility index (Phi) is 4.60. The molecule has 1 aliphatic rings. The van der Waals surface area contributed by atoms with Gasteiger partial charge in [-0.15, -0.1) is 5.10 Å². The maximum Gasteiger partial charge on any atom is 0.276 e. The van der Waals surface area contributed by atoms with Crippen molar-refractivity contribution in [3.8, 4) is 5.69 Å². The number of nitrogens with zero attached hydrogens (tertiary/aromatic N) is 5. The van der Waals surface area contributed by atoms with Crippen LogP contribution in [-0.2, 0) is 10.0 Å². The van der Waals surface area contributed by atoms with Crippen molar-refractivity contribution in [3.63, 3.8) is 0 Å². The van der Waals surface area contributed by atoms with Crippen molar-refractivity contribution < 1.29 is 13.2 Å². The Morgan fingerprint density at radius 1 is 1.25 bits per heavy atom. The van der Waals surface area contributed by atoms with Crippen LogP contribution < -0.4 is 5.14 Å². The van der Waals surface area contributed by atoms with E-state index >= 15 is 0 Å². The van der Waals surface area contributed by atoms with Crippen LogP contribution in [0.1, 0.15) is 29.0 Å². The second-order valence-corrected chi connectivity index (χ2v) is 8.73. The first-order valence-corrected chi connectivity index (χ1v) is 10.5. The number of carbonyl (C=O) groups is 1. The first-order valence-electron chi connectivity index (χ1n) is 8.93. The van der Waals surface area contributed by atoms with Crippen LogP contribution in [0.2, 0.25) is 0 Å². The highest BCUT2D eigenvalue weighted by molar-refractivity contribution is 7.89. The van der Waals surface area contributed by atoms with Gasteiger partial charge in [-0.25, -0.2) is 18.2 Å². The predicted molar refractivity (Wildman–Crippen MR) is 103 cm³/mol. The molecule has 3 aromatic rings. The molecule has 0 spiro atoms. The minimum absolute atomic E-state index is 0.0716. The van der Waals surface area contributed by atoms with E-state index in [1.165, 1.54) is 4.90 Å². The fourth-order valence-electron chi connectivity index (χ4n) is 3.57. The third-order valence-electron chi connectivity index (χ3n) is 5.08. The van der Waals surface area contributed by atoms with Gasteiger partial charge in [-0.1, -0.05) is 11.3 Å². The molecule has 1 amide bonds. The van der Waals surface area contributed by atoms with Gasteiger partial charge in [0.05, 0.1) is 22.1 Å². The molecular weight excluding hydrogens is 380 g/mol. The normalized spacial score (nSPS) is 17.8. The topological polar surface area (TPSA) is 124 Å². The molecular formula is C18H20N6O3S. The standard InChI is InChI=1S/C18H20N6O3S/c1-12-17(18(25)23-10-4-5-13(11-23)28(19,26)27)21-22-24(12)16-8-2-7-15-14(16)6-3-9-20-15/h2-3,6-9,13H,4-5,10-11H2,1H3,(H2,19,26,27). The van der Waals surface area contributed by atoms with Gasteiger partial charge in [0.15, 0.2) is 5.69 Å². The van der Waals surface area contributed by atoms with Gasteiger partial charge in [0.2, 0.25) is 10.0 Å². The maximum absolute atomic E-state index is 13.0. The number of likely N-dealkylation sites (tertiary alicyclic amines) is 1. The third-order valence-corrected chi connectivity index (χ3v) is 6.39. The first kappa shape index (κ1) is 18.5. The van der Waals surface area contributed by atoms with E-state index in [4.69, 9.17) is 5.14 Å². The number of hydrogen-bond donors (Lipinski definition) is 1. The summed E-state index contributed by atoms with van der Waals surface area (Å²) in [6.45, 7) is 2.31. The molecule has 1 aliphatic heterocycles. The molecule has 0 saturated carbocycles. The summed E-state index contributed by atoms with van der Waals surface area (Å²) < 4.78 is 25.0. The van der Waals surface area contributed by atoms with Crippen LogP contribution >= 0.6 is 0 Å². The summed E-state index contributed by atoms with van der Waals surface area (Å²) in [4.78, 5) is 18.8. The number of carbonyl (C=O) groups excluding carboxylic acids is 1. The van der Waals surface area contributed by atoms with Crippen molar-refractivity contribution >= 4 is 26.8 Å². The van der Waals surface area contributed by atoms with Crippen LogP contribution in [0.25, 0.3) is 16.6 Å². The number of rotatable bonds is 3. The Morgan fingerprint density at radius 3 is 2.86 bits per heavy atom. The lowest BCUT2D eigenvalue weighted by atomic mass is 10.1. The number of fused-ring (bicyclic) bond motifs is 1. The molecule has 28 heavy (non-hydrogen) atoms. The number of benzene rings is 1. The van der Waals surface area contributed by atoms with Crippen molar-refractivity contribution in [2.24, 2.45) is 5.14 Å². The van der Waals surface area contributed by atoms with Crippen LogP contribution in [-0.4, -0.2) is 57.5 Å². The third kappa shape index (κ3) is 3.25. The van der Waals surface area contributed by atoms with E-state index in [2.05, 4.69) is 15.3 Å². The second-order valence-electron chi connectivity index (χ2n) is 6.89. The fourth-order valence-corrected chi connectivity index (χ4v) is 4.45. The zero-order valence-electron chi connectivity index (χ0n) is 15.3. The van der Waals surface area contributed by atoms with Crippen LogP contribution in [0.3, 0.4) is 0 Å². The van der Waals surface area contributed by atoms with Gasteiger partial charge in [-0.2, -0.15) is 0 Å². The van der Waals surface area contributed by atoms with Crippen molar-refractivity contribution in [1.29, 1.82) is 0 Å². The predicted octanol–water partition coefficient (Wildman–Crippen LogP) is 1.02. The van der Waals surface area contributed by atoms with Crippen LogP contribution in [0.5, 0.6) is 0 Å². The van der Waals surface area contributed by atoms with Crippen LogP contribution in [0.15, 0.2) is 36.5 Å². The van der Waals surface area contributed by atoms with Crippen molar-refractivity contribution in [1.82, 2.24) is 24.9 Å². The highest BCUT2D eigenvalue weighted by Gasteiger charge is 2.32. The number of aromatic nitrogens is 4. The molecule has 1 aromatic carbocycles. The minimum Gasteiger partial charge on any atom is -0.336 e. The number of amides is 1. The summed E-state index contributed by atoms with van der Waals surface area (Å²) in [7, 11) is -3.69. The van der Waals surface area contributed by atoms with E-state index in [1.807, 2.05) is 30.3 Å². The lowest BCUT2D eigenvalue weighted by molar-refractivity contribution is 0.0720. The molecule has 9 nitrogen and oxygen atoms in total. The number of piperidine rings is 1. The van der Waals surface area contributed by atoms with Gasteiger partial charge in [0.25, 0.3) is 5.91 Å². The van der Waals surface area contributed by atoms with Crippen molar-refractivity contribution in [2.45, 2.75) is 25.0 Å². The first-order chi connectivity index (χ1) is 13.4. The van der Waals surface area contributed by atoms with E-state index in [9.17, 15) is 13.2 Å². The summed E-state index contributed by atoms with van der Waals surface area (Å²) in [5.41, 5.74) is 2.38. The molecule has 0 aliphatic carbocycles. The Labute approximate surface area is 162 Å². The molecule has 0 bridgehead atoms. The molecule has 1 fully saturated rings. The van der Waals surface area contributed by atoms with Crippen LogP contribution in [0.4, 0.5) is 0 Å². The molecule has 3 heterocycles. The molecule has 1 atom stereocenters. The lowest BCUT2D eigenvalue weighted by Gasteiger charge is -2.31. The Bertz CT molecular complexity index is 1150. The molecule has 1 saturated heterocycles. The minimum atomic E-state index is -3.69. The number of pyridine rings is 1. The quantitative estimate of drug-likeness (QED) is 0.700. The summed E-state index contributed by atoms with van der Waals surface area (Å²) in [6, 6.07) is 9.43. The maximum atomic E-state index is 13.0. The molecule has 2 N–H and O–H groups in total. The SMILES string of the molecule is Cc1c(C(=O)N2CCCC(S(N)(=O)=O)C2)nnn1-c1cccc2ncccc12. The zero-order chi connectivity index (χ0) is 19.9. The molecule has 0 radical (unpaired) electrons. The largest absolute Gasteiger partial charge is 0.336 e. The molecule has 1 unspecified atom stereocenters. The Morgan fingerprint density at radius 2 is 2.07 bits per heavy atom. The molecule has 2 aromatic heterocycles. The fraction of sp³-hybridized carbons (Fsp3) is 0.333. The second kappa shape index (κ2) is 6.95. The van der Waals surface area contributed by atoms with Gasteiger partial charge in [0, 0.05) is 24.7 Å². The molecule has 146 valence electrons. The van der Waals surface area contributed by atoms with Gasteiger partial charge in [-0.3, -0.25) is 9.78 Å². The monoisotopic (exact) mass is 400 g/mol. The summed E-state index contributed by atoms with van der Waals surface area (Å²) in [5, 5.41) is 13.7. The van der Waals surface area contributed by atoms with E-state index in [0.29, 0.717) is 25.1 Å². The van der Waals surface area contributed by atoms with E-state index in [-0.39, 0.29) is 18.1 Å². The van der Waals surface area contributed by atoms with E-state index < -0.39 is 15.3 Å². The number of primary sulfonamides is 1. The summed E-state index contributed by atoms with van der Waals surface area (Å²) >= 11 is 0. The number of nitrogens with two attached hydrogens (primary N) is 1. The van der Waals surface area contributed by atoms with Crippen LogP contribution in [0, 0.1) is 6.92 Å². The van der Waals surface area contributed by atoms with E-state index in [0.717, 1.165) is 16.6 Å². The Hall–Kier alpha value is -2.85. The smallest absolute Gasteiger partial charge is 0.276 e. The van der Waals surface area contributed by atoms with E-state index in [1.54, 1.807) is 17.8 Å². The molecule has 10 heteroatoms. The zero-order valence-corrected chi connectivity index (χ0v) is 16.1. The van der Waals surface area contributed by atoms with Gasteiger partial charge >= 0.3 is 0 Å². The average Bonchev–Trinajstić information content (AvgIpc) is 3.07. The highest BCUT2D eigenvalue weighted by atomic mass is 32.2.